The summed E-state index contributed by atoms with van der Waals surface area (Å²) >= 11 is 0. The van der Waals surface area contributed by atoms with E-state index in [1.807, 2.05) is 0 Å². The summed E-state index contributed by atoms with van der Waals surface area (Å²) in [4.78, 5) is 35.8. The van der Waals surface area contributed by atoms with Gasteiger partial charge in [-0.3, -0.25) is 9.59 Å². The van der Waals surface area contributed by atoms with Crippen LogP contribution in [0.5, 0.6) is 0 Å². The van der Waals surface area contributed by atoms with Gasteiger partial charge in [0.1, 0.15) is 0 Å². The molecule has 120 valence electrons. The Morgan fingerprint density at radius 3 is 2.57 bits per heavy atom. The quantitative estimate of drug-likeness (QED) is 0.557. The largest absolute Gasteiger partial charge is 0.481 e. The number of hydrogen-bond donors (Lipinski definition) is 3. The number of methoxy groups -OCH3 is 1. The summed E-state index contributed by atoms with van der Waals surface area (Å²) in [5.74, 6) is -1.06. The number of rotatable bonds is 7. The molecule has 8 heteroatoms. The second kappa shape index (κ2) is 7.82. The number of urea groups is 1. The molecule has 8 nitrogen and oxygen atoms in total. The highest BCUT2D eigenvalue weighted by Gasteiger charge is 2.42. The van der Waals surface area contributed by atoms with E-state index in [4.69, 9.17) is 9.84 Å². The van der Waals surface area contributed by atoms with E-state index in [9.17, 15) is 14.4 Å². The average molecular weight is 301 g/mol. The minimum atomic E-state index is -0.893. The van der Waals surface area contributed by atoms with Crippen molar-refractivity contribution in [2.75, 3.05) is 39.9 Å². The summed E-state index contributed by atoms with van der Waals surface area (Å²) in [6.45, 7) is 3.33. The van der Waals surface area contributed by atoms with Crippen LogP contribution < -0.4 is 10.6 Å². The molecule has 0 aromatic heterocycles. The lowest BCUT2D eigenvalue weighted by Crippen LogP contribution is -2.42. The SMILES string of the molecule is COCCNC(=O)CCNC(=O)N1CCC(C)(C(=O)O)C1. The smallest absolute Gasteiger partial charge is 0.317 e. The van der Waals surface area contributed by atoms with E-state index < -0.39 is 11.4 Å². The van der Waals surface area contributed by atoms with Crippen molar-refractivity contribution in [3.63, 3.8) is 0 Å². The minimum Gasteiger partial charge on any atom is -0.481 e. The molecular formula is C13H23N3O5. The fourth-order valence-electron chi connectivity index (χ4n) is 2.08. The number of carbonyl (C=O) groups is 3. The predicted molar refractivity (Wildman–Crippen MR) is 74.8 cm³/mol. The number of carboxylic acids is 1. The van der Waals surface area contributed by atoms with E-state index in [1.165, 1.54) is 4.90 Å². The van der Waals surface area contributed by atoms with Crippen LogP contribution in [0.4, 0.5) is 4.79 Å². The molecule has 3 amide bonds. The first kappa shape index (κ1) is 17.2. The van der Waals surface area contributed by atoms with Crippen LogP contribution in [0.15, 0.2) is 0 Å². The van der Waals surface area contributed by atoms with Gasteiger partial charge in [-0.2, -0.15) is 0 Å². The highest BCUT2D eigenvalue weighted by Crippen LogP contribution is 2.29. The zero-order valence-electron chi connectivity index (χ0n) is 12.5. The van der Waals surface area contributed by atoms with Gasteiger partial charge in [-0.1, -0.05) is 0 Å². The topological polar surface area (TPSA) is 108 Å². The Morgan fingerprint density at radius 1 is 1.29 bits per heavy atom. The van der Waals surface area contributed by atoms with E-state index in [0.29, 0.717) is 26.1 Å². The first-order valence-electron chi connectivity index (χ1n) is 6.91. The highest BCUT2D eigenvalue weighted by atomic mass is 16.5. The maximum Gasteiger partial charge on any atom is 0.317 e. The molecule has 1 fully saturated rings. The Hall–Kier alpha value is -1.83. The summed E-state index contributed by atoms with van der Waals surface area (Å²) in [7, 11) is 1.55. The second-order valence-electron chi connectivity index (χ2n) is 5.36. The molecule has 0 spiro atoms. The van der Waals surface area contributed by atoms with Crippen molar-refractivity contribution in [3.8, 4) is 0 Å². The van der Waals surface area contributed by atoms with Crippen molar-refractivity contribution in [2.45, 2.75) is 19.8 Å². The molecule has 0 radical (unpaired) electrons. The molecular weight excluding hydrogens is 278 g/mol. The third kappa shape index (κ3) is 5.22. The fraction of sp³-hybridized carbons (Fsp3) is 0.769. The number of amides is 3. The highest BCUT2D eigenvalue weighted by molar-refractivity contribution is 5.80. The summed E-state index contributed by atoms with van der Waals surface area (Å²) in [6, 6.07) is -0.329. The Balaban J connectivity index is 2.23. The van der Waals surface area contributed by atoms with Crippen LogP contribution in [0.1, 0.15) is 19.8 Å². The predicted octanol–water partition coefficient (Wildman–Crippen LogP) is -0.355. The van der Waals surface area contributed by atoms with Gasteiger partial charge < -0.3 is 25.4 Å². The molecule has 0 bridgehead atoms. The van der Waals surface area contributed by atoms with Gasteiger partial charge in [0.25, 0.3) is 0 Å². The number of nitrogens with one attached hydrogen (secondary N) is 2. The van der Waals surface area contributed by atoms with Crippen LogP contribution in [-0.4, -0.2) is 67.8 Å². The van der Waals surface area contributed by atoms with Crippen LogP contribution in [0.2, 0.25) is 0 Å². The van der Waals surface area contributed by atoms with Gasteiger partial charge in [-0.25, -0.2) is 4.79 Å². The van der Waals surface area contributed by atoms with Crippen molar-refractivity contribution in [1.82, 2.24) is 15.5 Å². The van der Waals surface area contributed by atoms with E-state index in [1.54, 1.807) is 14.0 Å². The number of likely N-dealkylation sites (tertiary alicyclic amines) is 1. The summed E-state index contributed by atoms with van der Waals surface area (Å²) in [5, 5.41) is 14.4. The Labute approximate surface area is 123 Å². The van der Waals surface area contributed by atoms with E-state index in [-0.39, 0.29) is 31.4 Å². The lowest BCUT2D eigenvalue weighted by molar-refractivity contribution is -0.147. The van der Waals surface area contributed by atoms with Gasteiger partial charge in [0.15, 0.2) is 0 Å². The molecule has 21 heavy (non-hydrogen) atoms. The summed E-state index contributed by atoms with van der Waals surface area (Å²) < 4.78 is 4.80. The summed E-state index contributed by atoms with van der Waals surface area (Å²) in [5.41, 5.74) is -0.880. The average Bonchev–Trinajstić information content (AvgIpc) is 2.83. The van der Waals surface area contributed by atoms with Crippen molar-refractivity contribution in [3.05, 3.63) is 0 Å². The third-order valence-electron chi connectivity index (χ3n) is 3.53. The van der Waals surface area contributed by atoms with Gasteiger partial charge in [-0.15, -0.1) is 0 Å². The van der Waals surface area contributed by atoms with Crippen LogP contribution in [-0.2, 0) is 14.3 Å². The van der Waals surface area contributed by atoms with Crippen molar-refractivity contribution in [1.29, 1.82) is 0 Å². The van der Waals surface area contributed by atoms with Crippen molar-refractivity contribution >= 4 is 17.9 Å². The number of aliphatic carboxylic acids is 1. The zero-order chi connectivity index (χ0) is 15.9. The van der Waals surface area contributed by atoms with E-state index >= 15 is 0 Å². The van der Waals surface area contributed by atoms with Crippen LogP contribution >= 0.6 is 0 Å². The van der Waals surface area contributed by atoms with E-state index in [2.05, 4.69) is 10.6 Å². The van der Waals surface area contributed by atoms with Gasteiger partial charge in [0.2, 0.25) is 5.91 Å². The lowest BCUT2D eigenvalue weighted by atomic mass is 9.90. The summed E-state index contributed by atoms with van der Waals surface area (Å²) in [6.07, 6.45) is 0.618. The number of hydrogen-bond acceptors (Lipinski definition) is 4. The van der Waals surface area contributed by atoms with E-state index in [0.717, 1.165) is 0 Å². The second-order valence-corrected chi connectivity index (χ2v) is 5.36. The molecule has 0 saturated carbocycles. The van der Waals surface area contributed by atoms with Crippen LogP contribution in [0.25, 0.3) is 0 Å². The molecule has 1 unspecified atom stereocenters. The molecule has 0 aromatic carbocycles. The van der Waals surface area contributed by atoms with Gasteiger partial charge in [0.05, 0.1) is 12.0 Å². The van der Waals surface area contributed by atoms with Crippen LogP contribution in [0, 0.1) is 5.41 Å². The molecule has 1 aliphatic heterocycles. The third-order valence-corrected chi connectivity index (χ3v) is 3.53. The molecule has 0 aliphatic carbocycles. The number of carbonyl (C=O) groups excluding carboxylic acids is 2. The first-order chi connectivity index (χ1) is 9.89. The van der Waals surface area contributed by atoms with Crippen LogP contribution in [0.3, 0.4) is 0 Å². The van der Waals surface area contributed by atoms with Gasteiger partial charge in [-0.05, 0) is 13.3 Å². The zero-order valence-corrected chi connectivity index (χ0v) is 12.5. The molecule has 1 heterocycles. The maximum absolute atomic E-state index is 11.9. The Morgan fingerprint density at radius 2 is 2.00 bits per heavy atom. The van der Waals surface area contributed by atoms with Gasteiger partial charge >= 0.3 is 12.0 Å². The molecule has 0 aromatic rings. The Bertz CT molecular complexity index is 401. The number of carboxylic acid groups (broad SMARTS) is 1. The van der Waals surface area contributed by atoms with Crippen molar-refractivity contribution in [2.24, 2.45) is 5.41 Å². The minimum absolute atomic E-state index is 0.163. The fourth-order valence-corrected chi connectivity index (χ4v) is 2.08. The van der Waals surface area contributed by atoms with Gasteiger partial charge in [0, 0.05) is 39.7 Å². The standard InChI is InChI=1S/C13H23N3O5/c1-13(11(18)19)4-7-16(9-13)12(20)15-5-3-10(17)14-6-8-21-2/h3-9H2,1-2H3,(H,14,17)(H,15,20)(H,18,19). The molecule has 3 N–H and O–H groups in total. The lowest BCUT2D eigenvalue weighted by Gasteiger charge is -2.20. The monoisotopic (exact) mass is 301 g/mol. The number of nitrogens with zero attached hydrogens (tertiary/aromatic N) is 1. The first-order valence-corrected chi connectivity index (χ1v) is 6.91. The normalized spacial score (nSPS) is 21.1. The molecule has 1 rings (SSSR count). The number of ether oxygens (including phenoxy) is 1. The van der Waals surface area contributed by atoms with Crippen molar-refractivity contribution < 1.29 is 24.2 Å². The molecule has 1 atom stereocenters. The Kier molecular flexibility index (Phi) is 6.41. The molecule has 1 saturated heterocycles. The molecule has 1 aliphatic rings. The maximum atomic E-state index is 11.9.